The van der Waals surface area contributed by atoms with E-state index in [4.69, 9.17) is 9.52 Å². The van der Waals surface area contributed by atoms with Gasteiger partial charge in [0.05, 0.1) is 0 Å². The monoisotopic (exact) mass is 305 g/mol. The van der Waals surface area contributed by atoms with Crippen molar-refractivity contribution < 1.29 is 27.8 Å². The summed E-state index contributed by atoms with van der Waals surface area (Å²) < 4.78 is 35.0. The van der Waals surface area contributed by atoms with Crippen molar-refractivity contribution in [3.8, 4) is 5.75 Å². The molecule has 0 radical (unpaired) electrons. The molecule has 0 spiro atoms. The van der Waals surface area contributed by atoms with E-state index in [1.54, 1.807) is 6.07 Å². The summed E-state index contributed by atoms with van der Waals surface area (Å²) in [6.45, 7) is -2.99. The number of carboxylic acid groups (broad SMARTS) is 1. The Morgan fingerprint density at radius 2 is 2.18 bits per heavy atom. The van der Waals surface area contributed by atoms with E-state index in [1.165, 1.54) is 30.6 Å². The fraction of sp³-hybridized carbons (Fsp3) is 0.0667. The maximum absolute atomic E-state index is 12.5. The molecule has 2 aromatic heterocycles. The summed E-state index contributed by atoms with van der Waals surface area (Å²) in [6, 6.07) is 4.39. The normalized spacial score (nSPS) is 11.8. The topological polar surface area (TPSA) is 72.6 Å². The molecule has 0 atom stereocenters. The molecule has 0 amide bonds. The molecule has 0 saturated heterocycles. The van der Waals surface area contributed by atoms with E-state index in [9.17, 15) is 13.6 Å². The molecule has 1 N–H and O–H groups in total. The molecule has 22 heavy (non-hydrogen) atoms. The maximum atomic E-state index is 12.5. The van der Waals surface area contributed by atoms with E-state index >= 15 is 0 Å². The van der Waals surface area contributed by atoms with E-state index in [-0.39, 0.29) is 11.3 Å². The Hall–Kier alpha value is -2.96. The van der Waals surface area contributed by atoms with Crippen LogP contribution in [0, 0.1) is 0 Å². The molecule has 1 aromatic carbocycles. The third kappa shape index (κ3) is 2.48. The van der Waals surface area contributed by atoms with Gasteiger partial charge in [-0.2, -0.15) is 8.78 Å². The average Bonchev–Trinajstić information content (AvgIpc) is 2.86. The molecule has 0 fully saturated rings. The number of pyridine rings is 1. The molecule has 0 bridgehead atoms. The van der Waals surface area contributed by atoms with Gasteiger partial charge in [-0.15, -0.1) is 0 Å². The highest BCUT2D eigenvalue weighted by molar-refractivity contribution is 6.11. The zero-order valence-corrected chi connectivity index (χ0v) is 11.0. The lowest BCUT2D eigenvalue weighted by Crippen LogP contribution is -2.02. The number of alkyl halides is 2. The Morgan fingerprint density at radius 3 is 2.91 bits per heavy atom. The van der Waals surface area contributed by atoms with Gasteiger partial charge in [0.15, 0.2) is 11.3 Å². The second-order valence-electron chi connectivity index (χ2n) is 4.38. The summed E-state index contributed by atoms with van der Waals surface area (Å²) in [5.41, 5.74) is 1.07. The number of hydrogen-bond acceptors (Lipinski definition) is 4. The number of benzene rings is 1. The van der Waals surface area contributed by atoms with Crippen molar-refractivity contribution in [2.45, 2.75) is 6.61 Å². The number of halogens is 2. The van der Waals surface area contributed by atoms with Crippen LogP contribution >= 0.6 is 0 Å². The SMILES string of the molecule is O=C(O)/C=C/c1ccc(OC(F)F)c2oc3ccncc3c12. The summed E-state index contributed by atoms with van der Waals surface area (Å²) in [5.74, 6) is -1.24. The molecule has 0 aliphatic rings. The van der Waals surface area contributed by atoms with Gasteiger partial charge in [0.25, 0.3) is 0 Å². The number of carboxylic acids is 1. The quantitative estimate of drug-likeness (QED) is 0.744. The minimum absolute atomic E-state index is 0.117. The molecule has 0 unspecified atom stereocenters. The number of nitrogens with zero attached hydrogens (tertiary/aromatic N) is 1. The zero-order valence-electron chi connectivity index (χ0n) is 11.0. The number of hydrogen-bond donors (Lipinski definition) is 1. The summed E-state index contributed by atoms with van der Waals surface area (Å²) >= 11 is 0. The van der Waals surface area contributed by atoms with Gasteiger partial charge in [-0.05, 0) is 23.8 Å². The number of aliphatic carboxylic acids is 1. The average molecular weight is 305 g/mol. The van der Waals surface area contributed by atoms with E-state index < -0.39 is 12.6 Å². The molecule has 2 heterocycles. The van der Waals surface area contributed by atoms with Gasteiger partial charge in [-0.25, -0.2) is 4.79 Å². The van der Waals surface area contributed by atoms with Crippen LogP contribution in [0.3, 0.4) is 0 Å². The molecule has 112 valence electrons. The third-order valence-corrected chi connectivity index (χ3v) is 3.04. The van der Waals surface area contributed by atoms with Crippen molar-refractivity contribution in [2.24, 2.45) is 0 Å². The standard InChI is InChI=1S/C15H9F2NO4/c16-15(17)22-11-3-1-8(2-4-12(19)20)13-9-7-18-6-5-10(9)21-14(11)13/h1-7,15H,(H,19,20)/b4-2+. The van der Waals surface area contributed by atoms with Crippen molar-refractivity contribution in [3.05, 3.63) is 42.2 Å². The van der Waals surface area contributed by atoms with Crippen molar-refractivity contribution in [3.63, 3.8) is 0 Å². The first-order valence-electron chi connectivity index (χ1n) is 6.21. The summed E-state index contributed by atoms with van der Waals surface area (Å²) in [4.78, 5) is 14.6. The first-order valence-corrected chi connectivity index (χ1v) is 6.21. The second kappa shape index (κ2) is 5.44. The van der Waals surface area contributed by atoms with Crippen LogP contribution in [0.5, 0.6) is 5.75 Å². The van der Waals surface area contributed by atoms with E-state index in [2.05, 4.69) is 9.72 Å². The lowest BCUT2D eigenvalue weighted by Gasteiger charge is -2.06. The first kappa shape index (κ1) is 14.0. The summed E-state index contributed by atoms with van der Waals surface area (Å²) in [7, 11) is 0. The Bertz CT molecular complexity index is 886. The molecule has 5 nitrogen and oxygen atoms in total. The van der Waals surface area contributed by atoms with Crippen LogP contribution in [0.4, 0.5) is 8.78 Å². The zero-order chi connectivity index (χ0) is 15.7. The highest BCUT2D eigenvalue weighted by atomic mass is 19.3. The fourth-order valence-corrected chi connectivity index (χ4v) is 2.22. The number of ether oxygens (including phenoxy) is 1. The molecular weight excluding hydrogens is 296 g/mol. The van der Waals surface area contributed by atoms with E-state index in [0.717, 1.165) is 6.08 Å². The molecule has 0 aliphatic heterocycles. The van der Waals surface area contributed by atoms with Gasteiger partial charge in [-0.3, -0.25) is 4.98 Å². The van der Waals surface area contributed by atoms with Crippen LogP contribution in [-0.2, 0) is 4.79 Å². The fourth-order valence-electron chi connectivity index (χ4n) is 2.22. The number of fused-ring (bicyclic) bond motifs is 3. The summed E-state index contributed by atoms with van der Waals surface area (Å²) in [6.07, 6.45) is 5.34. The lowest BCUT2D eigenvalue weighted by molar-refractivity contribution is -0.131. The molecule has 0 saturated carbocycles. The number of carbonyl (C=O) groups is 1. The van der Waals surface area contributed by atoms with Crippen LogP contribution in [-0.4, -0.2) is 22.7 Å². The highest BCUT2D eigenvalue weighted by Gasteiger charge is 2.17. The van der Waals surface area contributed by atoms with Gasteiger partial charge in [0.1, 0.15) is 5.58 Å². The second-order valence-corrected chi connectivity index (χ2v) is 4.38. The maximum Gasteiger partial charge on any atom is 0.387 e. The van der Waals surface area contributed by atoms with Crippen LogP contribution in [0.1, 0.15) is 5.56 Å². The van der Waals surface area contributed by atoms with Gasteiger partial charge in [0, 0.05) is 29.2 Å². The van der Waals surface area contributed by atoms with Crippen LogP contribution in [0.25, 0.3) is 28.0 Å². The predicted octanol–water partition coefficient (Wildman–Crippen LogP) is 3.68. The van der Waals surface area contributed by atoms with Gasteiger partial charge in [0.2, 0.25) is 0 Å². The highest BCUT2D eigenvalue weighted by Crippen LogP contribution is 2.37. The van der Waals surface area contributed by atoms with E-state index in [0.29, 0.717) is 21.9 Å². The third-order valence-electron chi connectivity index (χ3n) is 3.04. The number of furan rings is 1. The van der Waals surface area contributed by atoms with Crippen LogP contribution in [0.2, 0.25) is 0 Å². The van der Waals surface area contributed by atoms with Crippen molar-refractivity contribution in [2.75, 3.05) is 0 Å². The number of aromatic nitrogens is 1. The minimum atomic E-state index is -2.99. The van der Waals surface area contributed by atoms with Crippen LogP contribution in [0.15, 0.2) is 41.1 Å². The van der Waals surface area contributed by atoms with Crippen molar-refractivity contribution in [1.29, 1.82) is 0 Å². The molecular formula is C15H9F2NO4. The smallest absolute Gasteiger partial charge is 0.387 e. The Kier molecular flexibility index (Phi) is 3.46. The Balaban J connectivity index is 2.31. The minimum Gasteiger partial charge on any atom is -0.478 e. The summed E-state index contributed by atoms with van der Waals surface area (Å²) in [5, 5.41) is 9.79. The van der Waals surface area contributed by atoms with Gasteiger partial charge >= 0.3 is 12.6 Å². The van der Waals surface area contributed by atoms with Gasteiger partial charge in [-0.1, -0.05) is 6.07 Å². The van der Waals surface area contributed by atoms with Crippen molar-refractivity contribution in [1.82, 2.24) is 4.98 Å². The van der Waals surface area contributed by atoms with Gasteiger partial charge < -0.3 is 14.3 Å². The largest absolute Gasteiger partial charge is 0.478 e. The van der Waals surface area contributed by atoms with E-state index in [1.807, 2.05) is 0 Å². The Morgan fingerprint density at radius 1 is 1.36 bits per heavy atom. The molecule has 3 rings (SSSR count). The van der Waals surface area contributed by atoms with Crippen molar-refractivity contribution >= 4 is 34.0 Å². The predicted molar refractivity (Wildman–Crippen MR) is 74.8 cm³/mol. The van der Waals surface area contributed by atoms with Crippen LogP contribution < -0.4 is 4.74 Å². The molecule has 0 aliphatic carbocycles. The first-order chi connectivity index (χ1) is 10.6. The Labute approximate surface area is 122 Å². The molecule has 3 aromatic rings. The molecule has 7 heteroatoms. The lowest BCUT2D eigenvalue weighted by atomic mass is 10.1. The number of rotatable bonds is 4.